The van der Waals surface area contributed by atoms with Gasteiger partial charge in [0.15, 0.2) is 5.60 Å². The van der Waals surface area contributed by atoms with Crippen LogP contribution in [0.1, 0.15) is 12.0 Å². The molecule has 0 spiro atoms. The first kappa shape index (κ1) is 13.3. The molecule has 0 aliphatic carbocycles. The maximum atomic E-state index is 11.6. The lowest BCUT2D eigenvalue weighted by atomic mass is 9.82. The fourth-order valence-electron chi connectivity index (χ4n) is 2.90. The Labute approximate surface area is 125 Å². The van der Waals surface area contributed by atoms with Gasteiger partial charge < -0.3 is 14.2 Å². The van der Waals surface area contributed by atoms with Crippen molar-refractivity contribution in [3.63, 3.8) is 0 Å². The van der Waals surface area contributed by atoms with Gasteiger partial charge in [0.1, 0.15) is 12.7 Å². The molecule has 2 bridgehead atoms. The molecule has 5 rings (SSSR count). The Morgan fingerprint density at radius 2 is 2.00 bits per heavy atom. The number of ether oxygens (including phenoxy) is 5. The van der Waals surface area contributed by atoms with Crippen molar-refractivity contribution in [3.8, 4) is 0 Å². The van der Waals surface area contributed by atoms with E-state index in [1.165, 1.54) is 0 Å². The molecule has 4 aliphatic heterocycles. The molecule has 0 N–H and O–H groups in total. The number of carbonyl (C=O) groups is 1. The number of halogens is 1. The fourth-order valence-corrected chi connectivity index (χ4v) is 3.03. The zero-order chi connectivity index (χ0) is 14.7. The molecule has 0 aromatic heterocycles. The number of carbonyl (C=O) groups excluding carboxylic acids is 1. The van der Waals surface area contributed by atoms with Crippen molar-refractivity contribution in [2.75, 3.05) is 6.61 Å². The standard InChI is InChI=1S/C14H12ClO6/c1-8-14(19-11(16)18-8,9-2-4-10(15)5-3-9)6-13-7-17-12(20-13)21-13/h2-5,8,12H,1,6-7H2. The highest BCUT2D eigenvalue weighted by atomic mass is 35.5. The third kappa shape index (κ3) is 1.94. The predicted octanol–water partition coefficient (Wildman–Crippen LogP) is 2.35. The van der Waals surface area contributed by atoms with Crippen LogP contribution in [-0.2, 0) is 29.3 Å². The Hall–Kier alpha value is -1.34. The number of rotatable bonds is 3. The van der Waals surface area contributed by atoms with Crippen LogP contribution >= 0.6 is 11.6 Å². The molecular weight excluding hydrogens is 300 g/mol. The smallest absolute Gasteiger partial charge is 0.426 e. The second-order valence-electron chi connectivity index (χ2n) is 5.28. The molecule has 0 amide bonds. The summed E-state index contributed by atoms with van der Waals surface area (Å²) in [5.74, 6) is -0.922. The summed E-state index contributed by atoms with van der Waals surface area (Å²) in [4.78, 5) is 11.6. The minimum absolute atomic E-state index is 0.234. The maximum absolute atomic E-state index is 11.6. The van der Waals surface area contributed by atoms with Crippen molar-refractivity contribution in [2.45, 2.75) is 30.4 Å². The molecule has 2 atom stereocenters. The van der Waals surface area contributed by atoms with Gasteiger partial charge in [0.2, 0.25) is 5.79 Å². The van der Waals surface area contributed by atoms with E-state index in [9.17, 15) is 4.79 Å². The van der Waals surface area contributed by atoms with Gasteiger partial charge in [-0.25, -0.2) is 4.79 Å². The first-order valence-electron chi connectivity index (χ1n) is 6.47. The average Bonchev–Trinajstić information content (AvgIpc) is 3.05. The third-order valence-corrected chi connectivity index (χ3v) is 4.20. The van der Waals surface area contributed by atoms with Crippen LogP contribution in [-0.4, -0.2) is 31.1 Å². The highest BCUT2D eigenvalue weighted by Crippen LogP contribution is 2.50. The van der Waals surface area contributed by atoms with Gasteiger partial charge >= 0.3 is 6.16 Å². The summed E-state index contributed by atoms with van der Waals surface area (Å²) < 4.78 is 26.8. The second-order valence-corrected chi connectivity index (χ2v) is 5.71. The lowest BCUT2D eigenvalue weighted by Crippen LogP contribution is -2.53. The van der Waals surface area contributed by atoms with Gasteiger partial charge in [0.25, 0.3) is 6.48 Å². The largest absolute Gasteiger partial charge is 0.509 e. The van der Waals surface area contributed by atoms with Crippen LogP contribution in [0.4, 0.5) is 4.79 Å². The lowest BCUT2D eigenvalue weighted by molar-refractivity contribution is -0.445. The van der Waals surface area contributed by atoms with Crippen LogP contribution < -0.4 is 0 Å². The zero-order valence-corrected chi connectivity index (χ0v) is 11.7. The monoisotopic (exact) mass is 311 g/mol. The Morgan fingerprint density at radius 3 is 2.52 bits per heavy atom. The Balaban J connectivity index is 1.72. The molecular formula is C14H12ClO6. The van der Waals surface area contributed by atoms with Crippen molar-refractivity contribution in [1.29, 1.82) is 0 Å². The van der Waals surface area contributed by atoms with Gasteiger partial charge in [-0.15, -0.1) is 0 Å². The number of hydrogen-bond donors (Lipinski definition) is 0. The van der Waals surface area contributed by atoms with Crippen LogP contribution in [0.3, 0.4) is 0 Å². The molecule has 2 unspecified atom stereocenters. The third-order valence-electron chi connectivity index (χ3n) is 3.95. The topological polar surface area (TPSA) is 63.2 Å². The Bertz CT molecular complexity index is 576. The van der Waals surface area contributed by atoms with Gasteiger partial charge in [-0.1, -0.05) is 23.7 Å². The van der Waals surface area contributed by atoms with E-state index in [4.69, 9.17) is 35.3 Å². The molecule has 4 fully saturated rings. The van der Waals surface area contributed by atoms with Crippen molar-refractivity contribution < 1.29 is 28.5 Å². The quantitative estimate of drug-likeness (QED) is 0.799. The highest BCUT2D eigenvalue weighted by molar-refractivity contribution is 6.30. The first-order valence-corrected chi connectivity index (χ1v) is 6.85. The van der Waals surface area contributed by atoms with Crippen LogP contribution in [0.5, 0.6) is 0 Å². The average molecular weight is 312 g/mol. The van der Waals surface area contributed by atoms with E-state index in [-0.39, 0.29) is 13.0 Å². The molecule has 4 heterocycles. The molecule has 6 nitrogen and oxygen atoms in total. The van der Waals surface area contributed by atoms with E-state index in [0.29, 0.717) is 5.02 Å². The van der Waals surface area contributed by atoms with E-state index >= 15 is 0 Å². The number of hydrogen-bond acceptors (Lipinski definition) is 6. The summed E-state index contributed by atoms with van der Waals surface area (Å²) >= 11 is 5.91. The maximum Gasteiger partial charge on any atom is 0.509 e. The van der Waals surface area contributed by atoms with E-state index < -0.39 is 30.1 Å². The normalized spacial score (nSPS) is 40.6. The summed E-state index contributed by atoms with van der Waals surface area (Å²) in [7, 11) is 0. The number of fused-ring (bicyclic) bond motifs is 1. The molecule has 7 heteroatoms. The summed E-state index contributed by atoms with van der Waals surface area (Å²) in [5.41, 5.74) is -0.380. The van der Waals surface area contributed by atoms with E-state index in [2.05, 4.69) is 6.92 Å². The minimum atomic E-state index is -1.10. The summed E-state index contributed by atoms with van der Waals surface area (Å²) in [6, 6.07) is 6.97. The van der Waals surface area contributed by atoms with Crippen LogP contribution in [0, 0.1) is 6.92 Å². The van der Waals surface area contributed by atoms with Gasteiger partial charge in [-0.3, -0.25) is 9.47 Å². The SMILES string of the molecule is [CH2]C1OC(=O)OC1(CC12COC(O1)O2)c1ccc(Cl)cc1. The summed E-state index contributed by atoms with van der Waals surface area (Å²) in [6.45, 7) is 3.52. The van der Waals surface area contributed by atoms with E-state index in [1.54, 1.807) is 24.3 Å². The van der Waals surface area contributed by atoms with Crippen molar-refractivity contribution in [2.24, 2.45) is 0 Å². The molecule has 111 valence electrons. The lowest BCUT2D eigenvalue weighted by Gasteiger charge is -2.41. The second kappa shape index (κ2) is 4.33. The van der Waals surface area contributed by atoms with Gasteiger partial charge in [0.05, 0.1) is 6.42 Å². The van der Waals surface area contributed by atoms with Gasteiger partial charge in [-0.05, 0) is 24.6 Å². The summed E-state index contributed by atoms with van der Waals surface area (Å²) in [5, 5.41) is 0.582. The molecule has 4 aliphatic rings. The first-order chi connectivity index (χ1) is 10.0. The molecule has 1 radical (unpaired) electrons. The van der Waals surface area contributed by atoms with Crippen molar-refractivity contribution in [1.82, 2.24) is 0 Å². The van der Waals surface area contributed by atoms with E-state index in [0.717, 1.165) is 5.56 Å². The molecule has 1 aromatic carbocycles. The minimum Gasteiger partial charge on any atom is -0.426 e. The Kier molecular flexibility index (Phi) is 2.75. The molecule has 21 heavy (non-hydrogen) atoms. The number of cyclic esters (lactones) is 2. The Morgan fingerprint density at radius 1 is 1.29 bits per heavy atom. The van der Waals surface area contributed by atoms with Crippen molar-refractivity contribution >= 4 is 17.8 Å². The number of benzene rings is 1. The molecule has 1 aromatic rings. The molecule has 0 saturated carbocycles. The highest BCUT2D eigenvalue weighted by Gasteiger charge is 2.64. The van der Waals surface area contributed by atoms with E-state index in [1.807, 2.05) is 0 Å². The fraction of sp³-hybridized carbons (Fsp3) is 0.429. The molecule has 4 saturated heterocycles. The van der Waals surface area contributed by atoms with Crippen LogP contribution in [0.2, 0.25) is 5.02 Å². The van der Waals surface area contributed by atoms with Crippen LogP contribution in [0.15, 0.2) is 24.3 Å². The van der Waals surface area contributed by atoms with Gasteiger partial charge in [0, 0.05) is 5.02 Å². The summed E-state index contributed by atoms with van der Waals surface area (Å²) in [6.07, 6.45) is -1.26. The zero-order valence-electron chi connectivity index (χ0n) is 10.9. The predicted molar refractivity (Wildman–Crippen MR) is 69.1 cm³/mol. The van der Waals surface area contributed by atoms with Gasteiger partial charge in [-0.2, -0.15) is 0 Å². The van der Waals surface area contributed by atoms with Crippen molar-refractivity contribution in [3.05, 3.63) is 41.8 Å². The van der Waals surface area contributed by atoms with Crippen LogP contribution in [0.25, 0.3) is 0 Å².